The molecule has 0 aliphatic heterocycles. The van der Waals surface area contributed by atoms with E-state index in [4.69, 9.17) is 10.3 Å². The van der Waals surface area contributed by atoms with Gasteiger partial charge in [0.15, 0.2) is 0 Å². The minimum atomic E-state index is 0.0835. The first kappa shape index (κ1) is 13.8. The molecular weight excluding hydrogens is 236 g/mol. The van der Waals surface area contributed by atoms with Gasteiger partial charge in [-0.15, -0.1) is 0 Å². The molecule has 1 atom stereocenters. The topological polar surface area (TPSA) is 51.2 Å². The number of hydrogen-bond acceptors (Lipinski definition) is 3. The molecule has 3 nitrogen and oxygen atoms in total. The third-order valence-electron chi connectivity index (χ3n) is 3.73. The van der Waals surface area contributed by atoms with Crippen molar-refractivity contribution in [2.75, 3.05) is 0 Å². The predicted octanol–water partition coefficient (Wildman–Crippen LogP) is 3.26. The van der Waals surface area contributed by atoms with Gasteiger partial charge in [0.1, 0.15) is 11.5 Å². The van der Waals surface area contributed by atoms with E-state index in [1.165, 1.54) is 22.3 Å². The summed E-state index contributed by atoms with van der Waals surface area (Å²) in [4.78, 5) is 0. The molecule has 0 fully saturated rings. The minimum absolute atomic E-state index is 0.0835. The quantitative estimate of drug-likeness (QED) is 0.653. The fourth-order valence-corrected chi connectivity index (χ4v) is 2.53. The molecule has 0 aliphatic carbocycles. The lowest BCUT2D eigenvalue weighted by molar-refractivity contribution is 0.484. The van der Waals surface area contributed by atoms with Gasteiger partial charge in [-0.3, -0.25) is 11.3 Å². The summed E-state index contributed by atoms with van der Waals surface area (Å²) in [7, 11) is 0. The molecule has 3 N–H and O–H groups in total. The van der Waals surface area contributed by atoms with Crippen LogP contribution in [0, 0.1) is 27.7 Å². The number of furan rings is 1. The summed E-state index contributed by atoms with van der Waals surface area (Å²) >= 11 is 0. The fourth-order valence-electron chi connectivity index (χ4n) is 2.53. The molecule has 1 aromatic heterocycles. The molecule has 0 radical (unpaired) electrons. The maximum atomic E-state index is 5.74. The normalized spacial score (nSPS) is 12.7. The van der Waals surface area contributed by atoms with Crippen LogP contribution >= 0.6 is 0 Å². The summed E-state index contributed by atoms with van der Waals surface area (Å²) in [5.74, 6) is 7.66. The van der Waals surface area contributed by atoms with E-state index in [9.17, 15) is 0 Å². The molecule has 1 unspecified atom stereocenters. The molecule has 0 bridgehead atoms. The zero-order chi connectivity index (χ0) is 14.0. The molecule has 1 heterocycles. The van der Waals surface area contributed by atoms with Crippen LogP contribution in [0.1, 0.15) is 39.8 Å². The van der Waals surface area contributed by atoms with Crippen LogP contribution in [-0.2, 0) is 6.42 Å². The zero-order valence-electron chi connectivity index (χ0n) is 12.1. The van der Waals surface area contributed by atoms with Gasteiger partial charge in [0.2, 0.25) is 0 Å². The Hall–Kier alpha value is -1.58. The van der Waals surface area contributed by atoms with Gasteiger partial charge in [-0.05, 0) is 45.2 Å². The molecule has 2 rings (SSSR count). The Morgan fingerprint density at radius 1 is 1.05 bits per heavy atom. The summed E-state index contributed by atoms with van der Waals surface area (Å²) in [6, 6.07) is 8.64. The Bertz CT molecular complexity index is 555. The third-order valence-corrected chi connectivity index (χ3v) is 3.73. The maximum Gasteiger partial charge on any atom is 0.106 e. The minimum Gasteiger partial charge on any atom is -0.466 e. The predicted molar refractivity (Wildman–Crippen MR) is 77.9 cm³/mol. The molecule has 19 heavy (non-hydrogen) atoms. The van der Waals surface area contributed by atoms with E-state index in [-0.39, 0.29) is 6.04 Å². The summed E-state index contributed by atoms with van der Waals surface area (Å²) < 4.78 is 5.69. The number of nitrogens with two attached hydrogens (primary N) is 1. The van der Waals surface area contributed by atoms with Gasteiger partial charge in [0, 0.05) is 5.56 Å². The highest BCUT2D eigenvalue weighted by atomic mass is 16.3. The lowest BCUT2D eigenvalue weighted by Gasteiger charge is -2.17. The van der Waals surface area contributed by atoms with Crippen molar-refractivity contribution in [3.8, 4) is 0 Å². The molecule has 102 valence electrons. The molecule has 0 aliphatic rings. The van der Waals surface area contributed by atoms with Gasteiger partial charge in [-0.2, -0.15) is 0 Å². The molecular formula is C16H22N2O. The van der Waals surface area contributed by atoms with E-state index in [0.717, 1.165) is 17.9 Å². The summed E-state index contributed by atoms with van der Waals surface area (Å²) in [6.07, 6.45) is 0.859. The van der Waals surface area contributed by atoms with Gasteiger partial charge in [-0.1, -0.05) is 29.8 Å². The number of benzene rings is 1. The standard InChI is InChI=1S/C16H22N2O/c1-10-5-7-14(8-6-10)9-15(18-17)16-11(2)12(3)19-13(16)4/h5-8,15,18H,9,17H2,1-4H3. The van der Waals surface area contributed by atoms with Crippen LogP contribution in [0.15, 0.2) is 28.7 Å². The Kier molecular flexibility index (Phi) is 4.08. The SMILES string of the molecule is Cc1ccc(CC(NN)c2c(C)oc(C)c2C)cc1. The van der Waals surface area contributed by atoms with Crippen LogP contribution in [0.2, 0.25) is 0 Å². The van der Waals surface area contributed by atoms with E-state index < -0.39 is 0 Å². The van der Waals surface area contributed by atoms with E-state index in [1.54, 1.807) is 0 Å². The highest BCUT2D eigenvalue weighted by Gasteiger charge is 2.20. The van der Waals surface area contributed by atoms with Crippen molar-refractivity contribution in [1.82, 2.24) is 5.43 Å². The van der Waals surface area contributed by atoms with Crippen LogP contribution in [0.3, 0.4) is 0 Å². The van der Waals surface area contributed by atoms with Gasteiger partial charge >= 0.3 is 0 Å². The van der Waals surface area contributed by atoms with E-state index in [0.29, 0.717) is 0 Å². The molecule has 3 heteroatoms. The van der Waals surface area contributed by atoms with E-state index >= 15 is 0 Å². The van der Waals surface area contributed by atoms with Gasteiger partial charge < -0.3 is 4.42 Å². The third kappa shape index (κ3) is 2.88. The average molecular weight is 258 g/mol. The average Bonchev–Trinajstić information content (AvgIpc) is 2.63. The number of nitrogens with one attached hydrogen (secondary N) is 1. The van der Waals surface area contributed by atoms with Crippen molar-refractivity contribution in [3.05, 3.63) is 58.0 Å². The Balaban J connectivity index is 2.27. The molecule has 0 saturated carbocycles. The second-order valence-electron chi connectivity index (χ2n) is 5.16. The van der Waals surface area contributed by atoms with Crippen molar-refractivity contribution < 1.29 is 4.42 Å². The van der Waals surface area contributed by atoms with Gasteiger partial charge in [-0.25, -0.2) is 0 Å². The van der Waals surface area contributed by atoms with Crippen molar-refractivity contribution in [1.29, 1.82) is 0 Å². The largest absolute Gasteiger partial charge is 0.466 e. The molecule has 2 aromatic rings. The van der Waals surface area contributed by atoms with Gasteiger partial charge in [0.25, 0.3) is 0 Å². The van der Waals surface area contributed by atoms with E-state index in [2.05, 4.69) is 43.5 Å². The zero-order valence-corrected chi connectivity index (χ0v) is 12.1. The second kappa shape index (κ2) is 5.59. The first-order valence-electron chi connectivity index (χ1n) is 6.61. The number of rotatable bonds is 4. The lowest BCUT2D eigenvalue weighted by atomic mass is 9.96. The van der Waals surface area contributed by atoms with Crippen LogP contribution < -0.4 is 11.3 Å². The van der Waals surface area contributed by atoms with Crippen LogP contribution in [0.4, 0.5) is 0 Å². The number of hydrazine groups is 1. The van der Waals surface area contributed by atoms with Crippen LogP contribution in [0.25, 0.3) is 0 Å². The second-order valence-corrected chi connectivity index (χ2v) is 5.16. The first-order valence-corrected chi connectivity index (χ1v) is 6.61. The maximum absolute atomic E-state index is 5.74. The van der Waals surface area contributed by atoms with Crippen molar-refractivity contribution in [3.63, 3.8) is 0 Å². The Labute approximate surface area is 114 Å². The van der Waals surface area contributed by atoms with Crippen molar-refractivity contribution in [2.45, 2.75) is 40.2 Å². The Morgan fingerprint density at radius 3 is 2.16 bits per heavy atom. The van der Waals surface area contributed by atoms with Crippen LogP contribution in [0.5, 0.6) is 0 Å². The summed E-state index contributed by atoms with van der Waals surface area (Å²) in [6.45, 7) is 8.16. The fraction of sp³-hybridized carbons (Fsp3) is 0.375. The monoisotopic (exact) mass is 258 g/mol. The Morgan fingerprint density at radius 2 is 1.68 bits per heavy atom. The molecule has 1 aromatic carbocycles. The van der Waals surface area contributed by atoms with Crippen molar-refractivity contribution in [2.24, 2.45) is 5.84 Å². The number of hydrogen-bond donors (Lipinski definition) is 2. The summed E-state index contributed by atoms with van der Waals surface area (Å²) in [5, 5.41) is 0. The summed E-state index contributed by atoms with van der Waals surface area (Å²) in [5.41, 5.74) is 7.83. The molecule has 0 amide bonds. The van der Waals surface area contributed by atoms with Crippen LogP contribution in [-0.4, -0.2) is 0 Å². The molecule has 0 spiro atoms. The highest BCUT2D eigenvalue weighted by Crippen LogP contribution is 2.28. The molecule has 0 saturated heterocycles. The smallest absolute Gasteiger partial charge is 0.106 e. The van der Waals surface area contributed by atoms with Gasteiger partial charge in [0.05, 0.1) is 6.04 Å². The van der Waals surface area contributed by atoms with Crippen molar-refractivity contribution >= 4 is 0 Å². The van der Waals surface area contributed by atoms with E-state index in [1.807, 2.05) is 13.8 Å². The first-order chi connectivity index (χ1) is 9.02. The number of aryl methyl sites for hydroxylation is 3. The highest BCUT2D eigenvalue weighted by molar-refractivity contribution is 5.35. The lowest BCUT2D eigenvalue weighted by Crippen LogP contribution is -2.30.